The van der Waals surface area contributed by atoms with Crippen molar-refractivity contribution in [3.63, 3.8) is 0 Å². The van der Waals surface area contributed by atoms with Crippen molar-refractivity contribution in [2.24, 2.45) is 0 Å². The van der Waals surface area contributed by atoms with Crippen LogP contribution in [0.5, 0.6) is 0 Å². The van der Waals surface area contributed by atoms with Gasteiger partial charge in [0.25, 0.3) is 0 Å². The summed E-state index contributed by atoms with van der Waals surface area (Å²) in [6.07, 6.45) is 5.92. The first-order valence-electron chi connectivity index (χ1n) is 8.19. The molecule has 2 aromatic rings. The van der Waals surface area contributed by atoms with E-state index in [1.165, 1.54) is 24.8 Å². The summed E-state index contributed by atoms with van der Waals surface area (Å²) in [5, 5.41) is 0. The van der Waals surface area contributed by atoms with Gasteiger partial charge in [-0.2, -0.15) is 0 Å². The number of anilines is 1. The molecule has 0 aliphatic heterocycles. The van der Waals surface area contributed by atoms with Gasteiger partial charge in [-0.05, 0) is 30.7 Å². The average Bonchev–Trinajstić information content (AvgIpc) is 3.31. The van der Waals surface area contributed by atoms with Crippen molar-refractivity contribution in [1.82, 2.24) is 9.55 Å². The third kappa shape index (κ3) is 2.82. The van der Waals surface area contributed by atoms with Gasteiger partial charge in [-0.25, -0.2) is 4.98 Å². The van der Waals surface area contributed by atoms with Crippen LogP contribution in [0.2, 0.25) is 0 Å². The highest BCUT2D eigenvalue weighted by atomic mass is 15.1. The number of aryl methyl sites for hydroxylation is 1. The van der Waals surface area contributed by atoms with E-state index in [0.717, 1.165) is 48.2 Å². The molecule has 2 N–H and O–H groups in total. The van der Waals surface area contributed by atoms with E-state index in [2.05, 4.69) is 42.7 Å². The van der Waals surface area contributed by atoms with Crippen molar-refractivity contribution in [3.05, 3.63) is 35.7 Å². The quantitative estimate of drug-likeness (QED) is 0.855. The highest BCUT2D eigenvalue weighted by Crippen LogP contribution is 2.40. The van der Waals surface area contributed by atoms with Gasteiger partial charge in [-0.3, -0.25) is 0 Å². The van der Waals surface area contributed by atoms with E-state index in [0.29, 0.717) is 0 Å². The van der Waals surface area contributed by atoms with Gasteiger partial charge in [0.2, 0.25) is 0 Å². The zero-order chi connectivity index (χ0) is 14.8. The number of imidazole rings is 1. The molecule has 3 heteroatoms. The molecule has 3 nitrogen and oxygen atoms in total. The molecule has 1 aliphatic carbocycles. The summed E-state index contributed by atoms with van der Waals surface area (Å²) in [6.45, 7) is 5.32. The minimum absolute atomic E-state index is 0.796. The maximum absolute atomic E-state index is 6.36. The van der Waals surface area contributed by atoms with E-state index in [1.807, 2.05) is 0 Å². The number of nitrogen functional groups attached to an aromatic ring is 1. The Kier molecular flexibility index (Phi) is 4.00. The first-order valence-corrected chi connectivity index (χ1v) is 8.19. The Hall–Kier alpha value is -1.77. The standard InChI is InChI=1S/C18H25N3/c1-3-5-12-21-16(4-2)20-17(18(21)19)15-10-8-14(9-11-15)13-6-7-13/h8-11,13H,3-7,12,19H2,1-2H3. The second-order valence-electron chi connectivity index (χ2n) is 6.02. The number of benzene rings is 1. The second-order valence-corrected chi connectivity index (χ2v) is 6.02. The van der Waals surface area contributed by atoms with Crippen molar-refractivity contribution in [2.75, 3.05) is 5.73 Å². The lowest BCUT2D eigenvalue weighted by molar-refractivity contribution is 0.612. The minimum Gasteiger partial charge on any atom is -0.383 e. The van der Waals surface area contributed by atoms with Crippen molar-refractivity contribution in [3.8, 4) is 11.3 Å². The molecule has 1 aliphatic rings. The molecule has 1 fully saturated rings. The fraction of sp³-hybridized carbons (Fsp3) is 0.500. The second kappa shape index (κ2) is 5.92. The summed E-state index contributed by atoms with van der Waals surface area (Å²) in [5.74, 6) is 2.71. The third-order valence-corrected chi connectivity index (χ3v) is 4.37. The summed E-state index contributed by atoms with van der Waals surface area (Å²) >= 11 is 0. The molecule has 1 aromatic heterocycles. The van der Waals surface area contributed by atoms with Crippen LogP contribution in [0.1, 0.15) is 56.8 Å². The zero-order valence-electron chi connectivity index (χ0n) is 13.1. The normalized spacial score (nSPS) is 14.6. The molecule has 1 heterocycles. The summed E-state index contributed by atoms with van der Waals surface area (Å²) in [4.78, 5) is 4.78. The van der Waals surface area contributed by atoms with Gasteiger partial charge in [0.05, 0.1) is 0 Å². The lowest BCUT2D eigenvalue weighted by Crippen LogP contribution is -2.06. The first-order chi connectivity index (χ1) is 10.2. The lowest BCUT2D eigenvalue weighted by atomic mass is 10.1. The van der Waals surface area contributed by atoms with Crippen LogP contribution < -0.4 is 5.73 Å². The number of hydrogen-bond acceptors (Lipinski definition) is 2. The first kappa shape index (κ1) is 14.2. The fourth-order valence-electron chi connectivity index (χ4n) is 2.89. The Bertz CT molecular complexity index is 606. The van der Waals surface area contributed by atoms with Gasteiger partial charge in [-0.1, -0.05) is 44.5 Å². The Balaban J connectivity index is 1.91. The number of rotatable bonds is 6. The molecular weight excluding hydrogens is 258 g/mol. The van der Waals surface area contributed by atoms with Crippen molar-refractivity contribution >= 4 is 5.82 Å². The number of aromatic nitrogens is 2. The highest BCUT2D eigenvalue weighted by molar-refractivity contribution is 5.71. The molecule has 21 heavy (non-hydrogen) atoms. The number of unbranched alkanes of at least 4 members (excludes halogenated alkanes) is 1. The topological polar surface area (TPSA) is 43.8 Å². The van der Waals surface area contributed by atoms with E-state index in [1.54, 1.807) is 0 Å². The molecular formula is C18H25N3. The number of nitrogens with zero attached hydrogens (tertiary/aromatic N) is 2. The Labute approximate surface area is 127 Å². The minimum atomic E-state index is 0.796. The summed E-state index contributed by atoms with van der Waals surface area (Å²) < 4.78 is 2.19. The van der Waals surface area contributed by atoms with E-state index in [9.17, 15) is 0 Å². The molecule has 0 radical (unpaired) electrons. The van der Waals surface area contributed by atoms with Crippen LogP contribution in [0.25, 0.3) is 11.3 Å². The van der Waals surface area contributed by atoms with Crippen molar-refractivity contribution in [2.45, 2.75) is 58.4 Å². The average molecular weight is 283 g/mol. The van der Waals surface area contributed by atoms with Gasteiger partial charge in [0.15, 0.2) is 0 Å². The predicted octanol–water partition coefficient (Wildman–Crippen LogP) is 4.37. The monoisotopic (exact) mass is 283 g/mol. The van der Waals surface area contributed by atoms with Gasteiger partial charge in [-0.15, -0.1) is 0 Å². The number of nitrogens with two attached hydrogens (primary N) is 1. The predicted molar refractivity (Wildman–Crippen MR) is 88.3 cm³/mol. The Morgan fingerprint density at radius 1 is 1.19 bits per heavy atom. The molecule has 0 amide bonds. The largest absolute Gasteiger partial charge is 0.383 e. The molecule has 0 unspecified atom stereocenters. The van der Waals surface area contributed by atoms with Crippen LogP contribution in [0.15, 0.2) is 24.3 Å². The zero-order valence-corrected chi connectivity index (χ0v) is 13.1. The van der Waals surface area contributed by atoms with Gasteiger partial charge in [0.1, 0.15) is 17.3 Å². The van der Waals surface area contributed by atoms with Crippen LogP contribution in [0, 0.1) is 0 Å². The molecule has 112 valence electrons. The van der Waals surface area contributed by atoms with Gasteiger partial charge >= 0.3 is 0 Å². The highest BCUT2D eigenvalue weighted by Gasteiger charge is 2.23. The smallest absolute Gasteiger partial charge is 0.131 e. The van der Waals surface area contributed by atoms with Crippen LogP contribution in [0.3, 0.4) is 0 Å². The van der Waals surface area contributed by atoms with Gasteiger partial charge in [0, 0.05) is 18.5 Å². The van der Waals surface area contributed by atoms with Crippen LogP contribution >= 0.6 is 0 Å². The van der Waals surface area contributed by atoms with E-state index in [4.69, 9.17) is 10.7 Å². The molecule has 0 atom stereocenters. The molecule has 3 rings (SSSR count). The Morgan fingerprint density at radius 3 is 2.48 bits per heavy atom. The summed E-state index contributed by atoms with van der Waals surface area (Å²) in [7, 11) is 0. The number of hydrogen-bond donors (Lipinski definition) is 1. The van der Waals surface area contributed by atoms with E-state index < -0.39 is 0 Å². The molecule has 1 aromatic carbocycles. The van der Waals surface area contributed by atoms with Crippen LogP contribution in [0.4, 0.5) is 5.82 Å². The van der Waals surface area contributed by atoms with Crippen LogP contribution in [-0.2, 0) is 13.0 Å². The van der Waals surface area contributed by atoms with E-state index >= 15 is 0 Å². The van der Waals surface area contributed by atoms with Crippen LogP contribution in [-0.4, -0.2) is 9.55 Å². The SMILES string of the molecule is CCCCn1c(CC)nc(-c2ccc(C3CC3)cc2)c1N. The summed E-state index contributed by atoms with van der Waals surface area (Å²) in [5.41, 5.74) is 9.91. The van der Waals surface area contributed by atoms with Crippen molar-refractivity contribution < 1.29 is 0 Å². The van der Waals surface area contributed by atoms with E-state index in [-0.39, 0.29) is 0 Å². The molecule has 0 spiro atoms. The molecule has 0 saturated heterocycles. The third-order valence-electron chi connectivity index (χ3n) is 4.37. The Morgan fingerprint density at radius 2 is 1.90 bits per heavy atom. The molecule has 1 saturated carbocycles. The maximum atomic E-state index is 6.36. The fourth-order valence-corrected chi connectivity index (χ4v) is 2.89. The molecule has 0 bridgehead atoms. The summed E-state index contributed by atoms with van der Waals surface area (Å²) in [6, 6.07) is 8.83. The van der Waals surface area contributed by atoms with Gasteiger partial charge < -0.3 is 10.3 Å². The lowest BCUT2D eigenvalue weighted by Gasteiger charge is -2.08. The maximum Gasteiger partial charge on any atom is 0.131 e. The van der Waals surface area contributed by atoms with Crippen molar-refractivity contribution in [1.29, 1.82) is 0 Å².